The summed E-state index contributed by atoms with van der Waals surface area (Å²) >= 11 is 0. The molecule has 0 radical (unpaired) electrons. The summed E-state index contributed by atoms with van der Waals surface area (Å²) in [6.45, 7) is 6.62. The molecule has 0 spiro atoms. The zero-order valence-electron chi connectivity index (χ0n) is 16.4. The van der Waals surface area contributed by atoms with Crippen molar-refractivity contribution in [2.45, 2.75) is 25.8 Å². The molecule has 0 N–H and O–H groups in total. The molecule has 1 aromatic carbocycles. The lowest BCUT2D eigenvalue weighted by molar-refractivity contribution is 0.110. The van der Waals surface area contributed by atoms with Gasteiger partial charge in [-0.05, 0) is 31.2 Å². The summed E-state index contributed by atoms with van der Waals surface area (Å²) in [7, 11) is 5.00. The average Bonchev–Trinajstić information content (AvgIpc) is 2.69. The van der Waals surface area contributed by atoms with Crippen molar-refractivity contribution in [2.24, 2.45) is 5.92 Å². The van der Waals surface area contributed by atoms with E-state index in [2.05, 4.69) is 28.0 Å². The maximum absolute atomic E-state index is 5.62. The van der Waals surface area contributed by atoms with Gasteiger partial charge in [-0.2, -0.15) is 0 Å². The molecule has 1 aromatic rings. The lowest BCUT2D eigenvalue weighted by atomic mass is 9.94. The van der Waals surface area contributed by atoms with E-state index in [1.807, 2.05) is 6.07 Å². The van der Waals surface area contributed by atoms with Gasteiger partial charge in [0.15, 0.2) is 11.5 Å². The van der Waals surface area contributed by atoms with Gasteiger partial charge in [-0.3, -0.25) is 4.90 Å². The fraction of sp³-hybridized carbons (Fsp3) is 0.619. The Balaban J connectivity index is 1.56. The monoisotopic (exact) mass is 360 g/mol. The fourth-order valence-electron chi connectivity index (χ4n) is 4.05. The largest absolute Gasteiger partial charge is 0.493 e. The number of benzene rings is 1. The first kappa shape index (κ1) is 19.1. The first-order valence-corrected chi connectivity index (χ1v) is 9.62. The molecule has 1 aliphatic carbocycles. The third-order valence-electron chi connectivity index (χ3n) is 5.54. The van der Waals surface area contributed by atoms with Crippen LogP contribution < -0.4 is 14.2 Å². The van der Waals surface area contributed by atoms with E-state index in [0.29, 0.717) is 11.5 Å². The SMILES string of the molecule is COc1ccc(CN2CCN(C[C@H]3CC=CCC3)CC2)c(OC)c1OC. The normalized spacial score (nSPS) is 21.6. The quantitative estimate of drug-likeness (QED) is 0.698. The van der Waals surface area contributed by atoms with Crippen LogP contribution >= 0.6 is 0 Å². The van der Waals surface area contributed by atoms with E-state index in [1.54, 1.807) is 21.3 Å². The maximum Gasteiger partial charge on any atom is 0.203 e. The average molecular weight is 360 g/mol. The molecule has 0 unspecified atom stereocenters. The van der Waals surface area contributed by atoms with Gasteiger partial charge in [0, 0.05) is 44.8 Å². The molecule has 2 aliphatic rings. The highest BCUT2D eigenvalue weighted by Gasteiger charge is 2.23. The minimum atomic E-state index is 0.677. The predicted molar refractivity (Wildman–Crippen MR) is 104 cm³/mol. The van der Waals surface area contributed by atoms with E-state index < -0.39 is 0 Å². The third-order valence-corrected chi connectivity index (χ3v) is 5.54. The van der Waals surface area contributed by atoms with Crippen LogP contribution in [0.2, 0.25) is 0 Å². The number of hydrogen-bond acceptors (Lipinski definition) is 5. The zero-order valence-corrected chi connectivity index (χ0v) is 16.4. The van der Waals surface area contributed by atoms with Gasteiger partial charge in [0.05, 0.1) is 21.3 Å². The summed E-state index contributed by atoms with van der Waals surface area (Å²) in [4.78, 5) is 5.13. The second-order valence-corrected chi connectivity index (χ2v) is 7.22. The van der Waals surface area contributed by atoms with Crippen LogP contribution in [0.4, 0.5) is 0 Å². The van der Waals surface area contributed by atoms with Gasteiger partial charge in [0.25, 0.3) is 0 Å². The van der Waals surface area contributed by atoms with Crippen LogP contribution in [-0.2, 0) is 6.54 Å². The summed E-state index contributed by atoms with van der Waals surface area (Å²) < 4.78 is 16.5. The lowest BCUT2D eigenvalue weighted by Gasteiger charge is -2.37. The molecule has 0 saturated carbocycles. The Bertz CT molecular complexity index is 610. The van der Waals surface area contributed by atoms with E-state index in [0.717, 1.165) is 50.0 Å². The van der Waals surface area contributed by atoms with Gasteiger partial charge in [0.1, 0.15) is 0 Å². The Morgan fingerprint density at radius 2 is 1.62 bits per heavy atom. The molecule has 5 nitrogen and oxygen atoms in total. The van der Waals surface area contributed by atoms with Gasteiger partial charge in [-0.25, -0.2) is 0 Å². The summed E-state index contributed by atoms with van der Waals surface area (Å²) in [5, 5.41) is 0. The summed E-state index contributed by atoms with van der Waals surface area (Å²) in [6.07, 6.45) is 8.53. The van der Waals surface area contributed by atoms with E-state index in [1.165, 1.54) is 25.8 Å². The van der Waals surface area contributed by atoms with Crippen molar-refractivity contribution in [3.63, 3.8) is 0 Å². The summed E-state index contributed by atoms with van der Waals surface area (Å²) in [5.41, 5.74) is 1.15. The molecule has 0 aromatic heterocycles. The van der Waals surface area contributed by atoms with E-state index >= 15 is 0 Å². The third kappa shape index (κ3) is 4.51. The Morgan fingerprint density at radius 1 is 0.885 bits per heavy atom. The molecule has 26 heavy (non-hydrogen) atoms. The van der Waals surface area contributed by atoms with Crippen molar-refractivity contribution in [2.75, 3.05) is 54.1 Å². The van der Waals surface area contributed by atoms with Crippen LogP contribution in [0, 0.1) is 5.92 Å². The standard InChI is InChI=1S/C21H32N2O3/c1-24-19-10-9-18(20(25-2)21(19)26-3)16-23-13-11-22(12-14-23)15-17-7-5-4-6-8-17/h4-5,9-10,17H,6-8,11-16H2,1-3H3/t17-/m0/s1. The zero-order chi connectivity index (χ0) is 18.4. The molecular weight excluding hydrogens is 328 g/mol. The van der Waals surface area contributed by atoms with Crippen LogP contribution in [0.3, 0.4) is 0 Å². The fourth-order valence-corrected chi connectivity index (χ4v) is 4.05. The molecular formula is C21H32N2O3. The summed E-state index contributed by atoms with van der Waals surface area (Å²) in [5.74, 6) is 3.01. The topological polar surface area (TPSA) is 34.2 Å². The number of nitrogens with zero attached hydrogens (tertiary/aromatic N) is 2. The van der Waals surface area contributed by atoms with E-state index in [9.17, 15) is 0 Å². The van der Waals surface area contributed by atoms with Crippen LogP contribution in [0.25, 0.3) is 0 Å². The number of rotatable bonds is 7. The maximum atomic E-state index is 5.62. The number of hydrogen-bond donors (Lipinski definition) is 0. The molecule has 3 rings (SSSR count). The molecule has 5 heteroatoms. The summed E-state index contributed by atoms with van der Waals surface area (Å²) in [6, 6.07) is 4.05. The van der Waals surface area contributed by atoms with E-state index in [4.69, 9.17) is 14.2 Å². The van der Waals surface area contributed by atoms with Crippen molar-refractivity contribution in [1.82, 2.24) is 9.80 Å². The first-order chi connectivity index (χ1) is 12.7. The van der Waals surface area contributed by atoms with Crippen molar-refractivity contribution in [3.8, 4) is 17.2 Å². The number of ether oxygens (including phenoxy) is 3. The van der Waals surface area contributed by atoms with Gasteiger partial charge in [0.2, 0.25) is 5.75 Å². The second-order valence-electron chi connectivity index (χ2n) is 7.22. The predicted octanol–water partition coefficient (Wildman–Crippen LogP) is 3.19. The number of allylic oxidation sites excluding steroid dienone is 2. The van der Waals surface area contributed by atoms with Crippen LogP contribution in [0.5, 0.6) is 17.2 Å². The first-order valence-electron chi connectivity index (χ1n) is 9.62. The van der Waals surface area contributed by atoms with Gasteiger partial charge < -0.3 is 19.1 Å². The highest BCUT2D eigenvalue weighted by molar-refractivity contribution is 5.55. The van der Waals surface area contributed by atoms with Crippen molar-refractivity contribution < 1.29 is 14.2 Å². The van der Waals surface area contributed by atoms with Gasteiger partial charge in [-0.15, -0.1) is 0 Å². The Kier molecular flexibility index (Phi) is 6.80. The Labute approximate surface area is 157 Å². The molecule has 1 atom stereocenters. The Morgan fingerprint density at radius 3 is 2.23 bits per heavy atom. The minimum Gasteiger partial charge on any atom is -0.493 e. The van der Waals surface area contributed by atoms with Gasteiger partial charge >= 0.3 is 0 Å². The van der Waals surface area contributed by atoms with E-state index in [-0.39, 0.29) is 0 Å². The molecule has 0 amide bonds. The van der Waals surface area contributed by atoms with Gasteiger partial charge in [-0.1, -0.05) is 18.2 Å². The number of methoxy groups -OCH3 is 3. The minimum absolute atomic E-state index is 0.677. The molecule has 1 aliphatic heterocycles. The molecule has 1 saturated heterocycles. The van der Waals surface area contributed by atoms with Crippen LogP contribution in [0.15, 0.2) is 24.3 Å². The highest BCUT2D eigenvalue weighted by atomic mass is 16.5. The number of piperazine rings is 1. The molecule has 144 valence electrons. The molecule has 0 bridgehead atoms. The van der Waals surface area contributed by atoms with Crippen molar-refractivity contribution >= 4 is 0 Å². The second kappa shape index (κ2) is 9.28. The van der Waals surface area contributed by atoms with Crippen molar-refractivity contribution in [1.29, 1.82) is 0 Å². The molecule has 1 fully saturated rings. The van der Waals surface area contributed by atoms with Crippen molar-refractivity contribution in [3.05, 3.63) is 29.8 Å². The van der Waals surface area contributed by atoms with Crippen LogP contribution in [-0.4, -0.2) is 63.9 Å². The smallest absolute Gasteiger partial charge is 0.203 e. The van der Waals surface area contributed by atoms with Crippen LogP contribution in [0.1, 0.15) is 24.8 Å². The molecule has 1 heterocycles. The lowest BCUT2D eigenvalue weighted by Crippen LogP contribution is -2.47. The Hall–Kier alpha value is -1.72. The highest BCUT2D eigenvalue weighted by Crippen LogP contribution is 2.40.